The van der Waals surface area contributed by atoms with E-state index in [1.807, 2.05) is 48.5 Å². The van der Waals surface area contributed by atoms with Gasteiger partial charge in [-0.15, -0.1) is 0 Å². The zero-order valence-corrected chi connectivity index (χ0v) is 12.0. The van der Waals surface area contributed by atoms with Gasteiger partial charge in [0.2, 0.25) is 0 Å². The molecule has 3 rings (SSSR count). The second-order valence-electron chi connectivity index (χ2n) is 4.70. The number of aliphatic hydroxyl groups excluding tert-OH is 1. The van der Waals surface area contributed by atoms with Gasteiger partial charge in [0.1, 0.15) is 12.4 Å². The third kappa shape index (κ3) is 2.99. The van der Waals surface area contributed by atoms with Gasteiger partial charge in [0.25, 0.3) is 0 Å². The molecule has 0 radical (unpaired) electrons. The van der Waals surface area contributed by atoms with E-state index < -0.39 is 0 Å². The van der Waals surface area contributed by atoms with Crippen molar-refractivity contribution < 1.29 is 9.84 Å². The highest BCUT2D eigenvalue weighted by Crippen LogP contribution is 2.25. The molecule has 0 aliphatic carbocycles. The molecule has 0 atom stereocenters. The third-order valence-electron chi connectivity index (χ3n) is 3.30. The Morgan fingerprint density at radius 3 is 2.62 bits per heavy atom. The SMILES string of the molecule is OCc1ccc(OCc2ccc(Cl)c3cccnc23)cc1. The highest BCUT2D eigenvalue weighted by atomic mass is 35.5. The Labute approximate surface area is 127 Å². The van der Waals surface area contributed by atoms with E-state index in [-0.39, 0.29) is 6.61 Å². The maximum atomic E-state index is 9.02. The number of rotatable bonds is 4. The topological polar surface area (TPSA) is 42.4 Å². The number of aromatic nitrogens is 1. The molecular formula is C17H14ClNO2. The van der Waals surface area contributed by atoms with Crippen molar-refractivity contribution in [1.82, 2.24) is 4.98 Å². The fourth-order valence-electron chi connectivity index (χ4n) is 2.17. The predicted molar refractivity (Wildman–Crippen MR) is 83.4 cm³/mol. The van der Waals surface area contributed by atoms with Gasteiger partial charge in [0.05, 0.1) is 12.1 Å². The number of ether oxygens (including phenoxy) is 1. The van der Waals surface area contributed by atoms with Crippen LogP contribution in [-0.2, 0) is 13.2 Å². The lowest BCUT2D eigenvalue weighted by Gasteiger charge is -2.09. The standard InChI is InChI=1S/C17H14ClNO2/c18-16-8-5-13(17-15(16)2-1-9-19-17)11-21-14-6-3-12(10-20)4-7-14/h1-9,20H,10-11H2. The molecule has 2 aromatic carbocycles. The van der Waals surface area contributed by atoms with Crippen LogP contribution in [0.2, 0.25) is 5.02 Å². The number of hydrogen-bond donors (Lipinski definition) is 1. The van der Waals surface area contributed by atoms with Gasteiger partial charge in [0, 0.05) is 22.2 Å². The Morgan fingerprint density at radius 2 is 1.86 bits per heavy atom. The van der Waals surface area contributed by atoms with Crippen molar-refractivity contribution >= 4 is 22.5 Å². The molecule has 0 saturated carbocycles. The summed E-state index contributed by atoms with van der Waals surface area (Å²) in [5.41, 5.74) is 2.71. The second-order valence-corrected chi connectivity index (χ2v) is 5.10. The molecule has 21 heavy (non-hydrogen) atoms. The molecule has 3 nitrogen and oxygen atoms in total. The van der Waals surface area contributed by atoms with Gasteiger partial charge in [-0.2, -0.15) is 0 Å². The summed E-state index contributed by atoms with van der Waals surface area (Å²) in [6.07, 6.45) is 1.75. The van der Waals surface area contributed by atoms with Crippen LogP contribution < -0.4 is 4.74 Å². The zero-order valence-electron chi connectivity index (χ0n) is 11.3. The molecule has 3 aromatic rings. The molecule has 1 heterocycles. The molecular weight excluding hydrogens is 286 g/mol. The van der Waals surface area contributed by atoms with Crippen LogP contribution in [0.4, 0.5) is 0 Å². The third-order valence-corrected chi connectivity index (χ3v) is 3.63. The Bertz CT molecular complexity index is 756. The van der Waals surface area contributed by atoms with Gasteiger partial charge >= 0.3 is 0 Å². The molecule has 1 N–H and O–H groups in total. The van der Waals surface area contributed by atoms with Crippen molar-refractivity contribution in [3.8, 4) is 5.75 Å². The molecule has 0 aliphatic rings. The first-order valence-corrected chi connectivity index (χ1v) is 7.00. The smallest absolute Gasteiger partial charge is 0.119 e. The minimum Gasteiger partial charge on any atom is -0.489 e. The minimum atomic E-state index is 0.0338. The van der Waals surface area contributed by atoms with Crippen molar-refractivity contribution in [2.45, 2.75) is 13.2 Å². The second kappa shape index (κ2) is 6.12. The Hall–Kier alpha value is -2.10. The number of pyridine rings is 1. The average Bonchev–Trinajstić information content (AvgIpc) is 2.55. The van der Waals surface area contributed by atoms with E-state index in [1.165, 1.54) is 0 Å². The first-order valence-electron chi connectivity index (χ1n) is 6.62. The highest BCUT2D eigenvalue weighted by Gasteiger charge is 2.06. The molecule has 0 fully saturated rings. The summed E-state index contributed by atoms with van der Waals surface area (Å²) in [5, 5.41) is 10.6. The van der Waals surface area contributed by atoms with E-state index in [2.05, 4.69) is 4.98 Å². The van der Waals surface area contributed by atoms with Gasteiger partial charge in [-0.3, -0.25) is 4.98 Å². The summed E-state index contributed by atoms with van der Waals surface area (Å²) in [4.78, 5) is 4.38. The monoisotopic (exact) mass is 299 g/mol. The van der Waals surface area contributed by atoms with E-state index in [0.717, 1.165) is 27.8 Å². The number of nitrogens with zero attached hydrogens (tertiary/aromatic N) is 1. The number of aliphatic hydroxyl groups is 1. The molecule has 0 unspecified atom stereocenters. The van der Waals surface area contributed by atoms with Crippen molar-refractivity contribution in [3.63, 3.8) is 0 Å². The quantitative estimate of drug-likeness (QED) is 0.793. The molecule has 0 bridgehead atoms. The maximum Gasteiger partial charge on any atom is 0.119 e. The fraction of sp³-hybridized carbons (Fsp3) is 0.118. The van der Waals surface area contributed by atoms with Crippen LogP contribution >= 0.6 is 11.6 Å². The minimum absolute atomic E-state index is 0.0338. The molecule has 1 aromatic heterocycles. The Kier molecular flexibility index (Phi) is 4.04. The lowest BCUT2D eigenvalue weighted by molar-refractivity contribution is 0.281. The van der Waals surface area contributed by atoms with Crippen molar-refractivity contribution in [1.29, 1.82) is 0 Å². The zero-order chi connectivity index (χ0) is 14.7. The van der Waals surface area contributed by atoms with E-state index in [9.17, 15) is 0 Å². The van der Waals surface area contributed by atoms with Crippen molar-refractivity contribution in [2.75, 3.05) is 0 Å². The number of halogens is 1. The van der Waals surface area contributed by atoms with Gasteiger partial charge in [-0.05, 0) is 35.9 Å². The fourth-order valence-corrected chi connectivity index (χ4v) is 2.38. The van der Waals surface area contributed by atoms with Crippen molar-refractivity contribution in [2.24, 2.45) is 0 Å². The van der Waals surface area contributed by atoms with Crippen LogP contribution in [0, 0.1) is 0 Å². The summed E-state index contributed by atoms with van der Waals surface area (Å²) < 4.78 is 5.77. The van der Waals surface area contributed by atoms with Crippen molar-refractivity contribution in [3.05, 3.63) is 70.9 Å². The summed E-state index contributed by atoms with van der Waals surface area (Å²) in [5.74, 6) is 0.756. The van der Waals surface area contributed by atoms with Crippen LogP contribution in [0.5, 0.6) is 5.75 Å². The van der Waals surface area contributed by atoms with Crippen LogP contribution in [0.15, 0.2) is 54.7 Å². The van der Waals surface area contributed by atoms with Gasteiger partial charge < -0.3 is 9.84 Å². The normalized spacial score (nSPS) is 10.8. The van der Waals surface area contributed by atoms with Crippen LogP contribution in [0.1, 0.15) is 11.1 Å². The molecule has 0 aliphatic heterocycles. The number of hydrogen-bond acceptors (Lipinski definition) is 3. The van der Waals surface area contributed by atoms with Crippen LogP contribution in [0.25, 0.3) is 10.9 Å². The van der Waals surface area contributed by atoms with E-state index in [4.69, 9.17) is 21.4 Å². The number of benzene rings is 2. The molecule has 0 saturated heterocycles. The molecule has 106 valence electrons. The summed E-state index contributed by atoms with van der Waals surface area (Å²) in [7, 11) is 0. The van der Waals surface area contributed by atoms with Gasteiger partial charge in [-0.25, -0.2) is 0 Å². The summed E-state index contributed by atoms with van der Waals surface area (Å²) in [6, 6.07) is 15.0. The lowest BCUT2D eigenvalue weighted by atomic mass is 10.1. The molecule has 4 heteroatoms. The van der Waals surface area contributed by atoms with E-state index >= 15 is 0 Å². The predicted octanol–water partition coefficient (Wildman–Crippen LogP) is 3.96. The Balaban J connectivity index is 1.83. The van der Waals surface area contributed by atoms with Gasteiger partial charge in [0.15, 0.2) is 0 Å². The van der Waals surface area contributed by atoms with Crippen LogP contribution in [0.3, 0.4) is 0 Å². The molecule has 0 amide bonds. The van der Waals surface area contributed by atoms with Crippen LogP contribution in [-0.4, -0.2) is 10.1 Å². The van der Waals surface area contributed by atoms with E-state index in [1.54, 1.807) is 6.20 Å². The number of fused-ring (bicyclic) bond motifs is 1. The largest absolute Gasteiger partial charge is 0.489 e. The summed E-state index contributed by atoms with van der Waals surface area (Å²) >= 11 is 6.18. The Morgan fingerprint density at radius 1 is 1.05 bits per heavy atom. The van der Waals surface area contributed by atoms with E-state index in [0.29, 0.717) is 11.6 Å². The lowest BCUT2D eigenvalue weighted by Crippen LogP contribution is -1.98. The maximum absolute atomic E-state index is 9.02. The first kappa shape index (κ1) is 13.9. The molecule has 0 spiro atoms. The average molecular weight is 300 g/mol. The highest BCUT2D eigenvalue weighted by molar-refractivity contribution is 6.35. The van der Waals surface area contributed by atoms with Gasteiger partial charge in [-0.1, -0.05) is 29.8 Å². The summed E-state index contributed by atoms with van der Waals surface area (Å²) in [6.45, 7) is 0.454. The first-order chi connectivity index (χ1) is 10.3.